The Labute approximate surface area is 150 Å². The number of hydrogen-bond donors (Lipinski definition) is 1. The Kier molecular flexibility index (Phi) is 4.57. The molecule has 0 spiro atoms. The van der Waals surface area contributed by atoms with Crippen LogP contribution >= 0.6 is 22.9 Å². The van der Waals surface area contributed by atoms with Crippen LogP contribution in [0.15, 0.2) is 29.6 Å². The van der Waals surface area contributed by atoms with Gasteiger partial charge in [0.2, 0.25) is 5.91 Å². The smallest absolute Gasteiger partial charge is 0.228 e. The molecule has 0 radical (unpaired) electrons. The number of rotatable bonds is 3. The molecule has 126 valence electrons. The van der Waals surface area contributed by atoms with Gasteiger partial charge in [-0.2, -0.15) is 0 Å². The lowest BCUT2D eigenvalue weighted by Crippen LogP contribution is -2.39. The summed E-state index contributed by atoms with van der Waals surface area (Å²) in [5.74, 6) is 0.181. The van der Waals surface area contributed by atoms with E-state index in [2.05, 4.69) is 10.3 Å². The summed E-state index contributed by atoms with van der Waals surface area (Å²) in [6.07, 6.45) is 3.87. The largest absolute Gasteiger partial charge is 0.341 e. The van der Waals surface area contributed by atoms with Gasteiger partial charge in [0, 0.05) is 36.1 Å². The Hall–Kier alpha value is -1.43. The number of amides is 1. The van der Waals surface area contributed by atoms with Crippen molar-refractivity contribution in [2.24, 2.45) is 0 Å². The van der Waals surface area contributed by atoms with Crippen LogP contribution in [0.4, 0.5) is 0 Å². The lowest BCUT2D eigenvalue weighted by Gasteiger charge is -2.24. The van der Waals surface area contributed by atoms with Gasteiger partial charge in [-0.25, -0.2) is 4.98 Å². The topological polar surface area (TPSA) is 45.2 Å². The Balaban J connectivity index is 1.44. The van der Waals surface area contributed by atoms with E-state index in [1.54, 1.807) is 11.3 Å². The molecule has 6 heteroatoms. The second-order valence-electron chi connectivity index (χ2n) is 6.57. The van der Waals surface area contributed by atoms with Gasteiger partial charge in [-0.15, -0.1) is 11.3 Å². The third-order valence-corrected chi connectivity index (χ3v) is 6.12. The predicted molar refractivity (Wildman–Crippen MR) is 97.4 cm³/mol. The van der Waals surface area contributed by atoms with E-state index in [0.29, 0.717) is 23.5 Å². The second kappa shape index (κ2) is 6.82. The molecule has 1 N–H and O–H groups in total. The molecule has 0 saturated carbocycles. The number of carbonyl (C=O) groups excluding carboxylic acids is 1. The number of likely N-dealkylation sites (tertiary alicyclic amines) is 1. The fourth-order valence-corrected chi connectivity index (χ4v) is 4.72. The fourth-order valence-electron chi connectivity index (χ4n) is 3.58. The van der Waals surface area contributed by atoms with Crippen molar-refractivity contribution in [2.75, 3.05) is 13.1 Å². The first kappa shape index (κ1) is 16.1. The Morgan fingerprint density at radius 2 is 2.12 bits per heavy atom. The minimum Gasteiger partial charge on any atom is -0.341 e. The van der Waals surface area contributed by atoms with Crippen LogP contribution in [-0.4, -0.2) is 41.0 Å². The summed E-state index contributed by atoms with van der Waals surface area (Å²) in [5.41, 5.74) is 1.77. The lowest BCUT2D eigenvalue weighted by molar-refractivity contribution is -0.130. The molecule has 1 aromatic carbocycles. The van der Waals surface area contributed by atoms with Crippen molar-refractivity contribution in [1.29, 1.82) is 0 Å². The van der Waals surface area contributed by atoms with Gasteiger partial charge in [-0.1, -0.05) is 29.8 Å². The molecule has 4 nitrogen and oxygen atoms in total. The zero-order valence-electron chi connectivity index (χ0n) is 13.4. The van der Waals surface area contributed by atoms with Gasteiger partial charge in [-0.05, 0) is 25.3 Å². The van der Waals surface area contributed by atoms with Crippen molar-refractivity contribution in [3.8, 4) is 10.6 Å². The molecule has 2 aliphatic rings. The van der Waals surface area contributed by atoms with Crippen LogP contribution in [-0.2, 0) is 11.2 Å². The van der Waals surface area contributed by atoms with E-state index in [4.69, 9.17) is 11.6 Å². The highest BCUT2D eigenvalue weighted by Gasteiger charge is 2.31. The molecule has 24 heavy (non-hydrogen) atoms. The molecule has 4 rings (SSSR count). The molecule has 2 saturated heterocycles. The normalized spacial score (nSPS) is 23.3. The van der Waals surface area contributed by atoms with E-state index in [-0.39, 0.29) is 5.91 Å². The first-order valence-corrected chi connectivity index (χ1v) is 9.68. The molecule has 2 fully saturated rings. The van der Waals surface area contributed by atoms with E-state index in [9.17, 15) is 4.79 Å². The zero-order chi connectivity index (χ0) is 16.5. The van der Waals surface area contributed by atoms with E-state index in [0.717, 1.165) is 35.8 Å². The van der Waals surface area contributed by atoms with Gasteiger partial charge in [0.15, 0.2) is 0 Å². The van der Waals surface area contributed by atoms with Crippen molar-refractivity contribution >= 4 is 28.8 Å². The van der Waals surface area contributed by atoms with E-state index in [1.807, 2.05) is 34.5 Å². The van der Waals surface area contributed by atoms with Crippen molar-refractivity contribution in [3.63, 3.8) is 0 Å². The van der Waals surface area contributed by atoms with Crippen LogP contribution in [0, 0.1) is 0 Å². The molecule has 2 atom stereocenters. The van der Waals surface area contributed by atoms with Crippen LogP contribution in [0.25, 0.3) is 10.6 Å². The van der Waals surface area contributed by atoms with Crippen molar-refractivity contribution in [3.05, 3.63) is 40.4 Å². The summed E-state index contributed by atoms with van der Waals surface area (Å²) in [6.45, 7) is 1.69. The average Bonchev–Trinajstić information content (AvgIpc) is 3.14. The number of nitrogens with one attached hydrogen (secondary N) is 1. The number of thiazole rings is 1. The third kappa shape index (κ3) is 3.34. The summed E-state index contributed by atoms with van der Waals surface area (Å²) in [5, 5.41) is 7.15. The first-order chi connectivity index (χ1) is 11.7. The number of benzene rings is 1. The Morgan fingerprint density at radius 1 is 1.29 bits per heavy atom. The van der Waals surface area contributed by atoms with Gasteiger partial charge in [0.25, 0.3) is 0 Å². The SMILES string of the molecule is O=C(Cc1csc(-c2ccccc2Cl)n1)N1CCC2CCC(C1)N2. The van der Waals surface area contributed by atoms with Gasteiger partial charge in [0.05, 0.1) is 17.1 Å². The molecule has 2 bridgehead atoms. The number of aromatic nitrogens is 1. The highest BCUT2D eigenvalue weighted by Crippen LogP contribution is 2.30. The van der Waals surface area contributed by atoms with Gasteiger partial charge in [-0.3, -0.25) is 4.79 Å². The second-order valence-corrected chi connectivity index (χ2v) is 7.83. The van der Waals surface area contributed by atoms with Gasteiger partial charge >= 0.3 is 0 Å². The standard InChI is InChI=1S/C18H20ClN3OS/c19-16-4-2-1-3-15(16)18-21-14(11-24-18)9-17(23)22-8-7-12-5-6-13(10-22)20-12/h1-4,11-13,20H,5-10H2. The summed E-state index contributed by atoms with van der Waals surface area (Å²) < 4.78 is 0. The maximum Gasteiger partial charge on any atom is 0.228 e. The summed E-state index contributed by atoms with van der Waals surface area (Å²) in [6, 6.07) is 8.75. The quantitative estimate of drug-likeness (QED) is 0.911. The van der Waals surface area contributed by atoms with Crippen LogP contribution in [0.1, 0.15) is 25.0 Å². The summed E-state index contributed by atoms with van der Waals surface area (Å²) in [4.78, 5) is 19.3. The molecule has 1 amide bonds. The zero-order valence-corrected chi connectivity index (χ0v) is 14.9. The molecule has 2 unspecified atom stereocenters. The van der Waals surface area contributed by atoms with Crippen molar-refractivity contribution in [2.45, 2.75) is 37.8 Å². The number of halogens is 1. The van der Waals surface area contributed by atoms with Gasteiger partial charge < -0.3 is 10.2 Å². The monoisotopic (exact) mass is 361 g/mol. The van der Waals surface area contributed by atoms with Crippen molar-refractivity contribution < 1.29 is 4.79 Å². The molecule has 2 aliphatic heterocycles. The van der Waals surface area contributed by atoms with E-state index in [1.165, 1.54) is 12.8 Å². The molecule has 1 aromatic heterocycles. The molecule has 2 aromatic rings. The van der Waals surface area contributed by atoms with Crippen LogP contribution in [0.3, 0.4) is 0 Å². The van der Waals surface area contributed by atoms with E-state index < -0.39 is 0 Å². The Bertz CT molecular complexity index is 747. The van der Waals surface area contributed by atoms with Crippen LogP contribution in [0.2, 0.25) is 5.02 Å². The highest BCUT2D eigenvalue weighted by molar-refractivity contribution is 7.13. The minimum atomic E-state index is 0.181. The number of carbonyl (C=O) groups is 1. The third-order valence-electron chi connectivity index (χ3n) is 4.86. The fraction of sp³-hybridized carbons (Fsp3) is 0.444. The highest BCUT2D eigenvalue weighted by atomic mass is 35.5. The predicted octanol–water partition coefficient (Wildman–Crippen LogP) is 3.36. The Morgan fingerprint density at radius 3 is 3.00 bits per heavy atom. The van der Waals surface area contributed by atoms with Gasteiger partial charge in [0.1, 0.15) is 5.01 Å². The number of hydrogen-bond acceptors (Lipinski definition) is 4. The molecular formula is C18H20ClN3OS. The average molecular weight is 362 g/mol. The molecular weight excluding hydrogens is 342 g/mol. The van der Waals surface area contributed by atoms with E-state index >= 15 is 0 Å². The van der Waals surface area contributed by atoms with Crippen LogP contribution in [0.5, 0.6) is 0 Å². The number of nitrogens with zero attached hydrogens (tertiary/aromatic N) is 2. The lowest BCUT2D eigenvalue weighted by atomic mass is 10.1. The first-order valence-electron chi connectivity index (χ1n) is 8.42. The molecule has 0 aliphatic carbocycles. The minimum absolute atomic E-state index is 0.181. The van der Waals surface area contributed by atoms with Crippen molar-refractivity contribution in [1.82, 2.24) is 15.2 Å². The molecule has 3 heterocycles. The number of fused-ring (bicyclic) bond motifs is 2. The summed E-state index contributed by atoms with van der Waals surface area (Å²) >= 11 is 7.78. The maximum absolute atomic E-state index is 12.6. The maximum atomic E-state index is 12.6. The summed E-state index contributed by atoms with van der Waals surface area (Å²) in [7, 11) is 0. The van der Waals surface area contributed by atoms with Crippen LogP contribution < -0.4 is 5.32 Å².